The summed E-state index contributed by atoms with van der Waals surface area (Å²) >= 11 is 0. The first-order chi connectivity index (χ1) is 7.07. The van der Waals surface area contributed by atoms with Crippen molar-refractivity contribution in [3.05, 3.63) is 35.9 Å². The van der Waals surface area contributed by atoms with Crippen molar-refractivity contribution in [3.8, 4) is 11.8 Å². The van der Waals surface area contributed by atoms with Gasteiger partial charge in [-0.1, -0.05) is 58.0 Å². The van der Waals surface area contributed by atoms with Crippen molar-refractivity contribution in [1.82, 2.24) is 0 Å². The van der Waals surface area contributed by atoms with Crippen molar-refractivity contribution >= 4 is 0 Å². The Balaban J connectivity index is 0.000000288. The van der Waals surface area contributed by atoms with Gasteiger partial charge in [-0.3, -0.25) is 0 Å². The van der Waals surface area contributed by atoms with Gasteiger partial charge in [0, 0.05) is 5.92 Å². The van der Waals surface area contributed by atoms with E-state index in [1.54, 1.807) is 0 Å². The van der Waals surface area contributed by atoms with Gasteiger partial charge in [0.15, 0.2) is 0 Å². The predicted octanol–water partition coefficient (Wildman–Crippen LogP) is 4.48. The van der Waals surface area contributed by atoms with Gasteiger partial charge in [0.05, 0.1) is 0 Å². The molecule has 1 rings (SSSR count). The molecule has 0 fully saturated rings. The smallest absolute Gasteiger partial charge is 0.0146 e. The predicted molar refractivity (Wildman–Crippen MR) is 68.8 cm³/mol. The highest BCUT2D eigenvalue weighted by Crippen LogP contribution is 2.11. The summed E-state index contributed by atoms with van der Waals surface area (Å²) in [5, 5.41) is 0. The molecule has 0 aliphatic carbocycles. The summed E-state index contributed by atoms with van der Waals surface area (Å²) in [4.78, 5) is 0. The van der Waals surface area contributed by atoms with E-state index in [0.29, 0.717) is 11.8 Å². The van der Waals surface area contributed by atoms with Gasteiger partial charge < -0.3 is 0 Å². The summed E-state index contributed by atoms with van der Waals surface area (Å²) < 4.78 is 0. The molecule has 0 heterocycles. The molecule has 0 aromatic heterocycles. The van der Waals surface area contributed by atoms with Crippen molar-refractivity contribution in [2.75, 3.05) is 0 Å². The van der Waals surface area contributed by atoms with E-state index >= 15 is 0 Å². The molecule has 0 radical (unpaired) electrons. The highest BCUT2D eigenvalue weighted by Gasteiger charge is 1.93. The van der Waals surface area contributed by atoms with Crippen LogP contribution in [0.15, 0.2) is 30.3 Å². The van der Waals surface area contributed by atoms with Gasteiger partial charge in [0.25, 0.3) is 0 Å². The first-order valence-electron chi connectivity index (χ1n) is 5.55. The zero-order chi connectivity index (χ0) is 11.7. The fourth-order valence-corrected chi connectivity index (χ4v) is 1.13. The Bertz CT molecular complexity index is 296. The molecular formula is C15H22. The first kappa shape index (κ1) is 13.8. The quantitative estimate of drug-likeness (QED) is 0.589. The van der Waals surface area contributed by atoms with Crippen LogP contribution in [0.5, 0.6) is 0 Å². The second-order valence-electron chi connectivity index (χ2n) is 4.11. The van der Waals surface area contributed by atoms with Gasteiger partial charge in [0.1, 0.15) is 0 Å². The molecule has 0 unspecified atom stereocenters. The second-order valence-corrected chi connectivity index (χ2v) is 4.11. The Morgan fingerprint density at radius 1 is 0.933 bits per heavy atom. The first-order valence-corrected chi connectivity index (χ1v) is 5.55. The third-order valence-electron chi connectivity index (χ3n) is 1.90. The summed E-state index contributed by atoms with van der Waals surface area (Å²) in [7, 11) is 0. The number of hydrogen-bond acceptors (Lipinski definition) is 0. The van der Waals surface area contributed by atoms with Crippen LogP contribution < -0.4 is 0 Å². The molecule has 0 N–H and O–H groups in total. The van der Waals surface area contributed by atoms with Crippen LogP contribution in [0.4, 0.5) is 0 Å². The number of rotatable bonds is 1. The van der Waals surface area contributed by atoms with Crippen LogP contribution in [0.3, 0.4) is 0 Å². The van der Waals surface area contributed by atoms with E-state index in [1.165, 1.54) is 5.56 Å². The lowest BCUT2D eigenvalue weighted by atomic mass is 10.0. The van der Waals surface area contributed by atoms with Crippen LogP contribution in [-0.2, 0) is 0 Å². The average molecular weight is 202 g/mol. The molecule has 0 bridgehead atoms. The topological polar surface area (TPSA) is 0 Å². The molecule has 0 saturated carbocycles. The van der Waals surface area contributed by atoms with Crippen LogP contribution in [-0.4, -0.2) is 0 Å². The van der Waals surface area contributed by atoms with E-state index in [-0.39, 0.29) is 0 Å². The van der Waals surface area contributed by atoms with E-state index < -0.39 is 0 Å². The van der Waals surface area contributed by atoms with E-state index in [9.17, 15) is 0 Å². The minimum Gasteiger partial charge on any atom is -0.106 e. The molecule has 0 atom stereocenters. The van der Waals surface area contributed by atoms with Crippen molar-refractivity contribution in [2.24, 2.45) is 5.92 Å². The third-order valence-corrected chi connectivity index (χ3v) is 1.90. The maximum atomic E-state index is 2.96. The van der Waals surface area contributed by atoms with Gasteiger partial charge in [-0.25, -0.2) is 0 Å². The van der Waals surface area contributed by atoms with E-state index in [1.807, 2.05) is 13.0 Å². The molecule has 0 nitrogen and oxygen atoms in total. The highest BCUT2D eigenvalue weighted by molar-refractivity contribution is 5.17. The molecule has 15 heavy (non-hydrogen) atoms. The SMILES string of the molecule is CC#CC(C)C.CC(C)c1ccccc1. The minimum atomic E-state index is 0.537. The van der Waals surface area contributed by atoms with Gasteiger partial charge in [-0.15, -0.1) is 11.8 Å². The molecule has 0 heteroatoms. The van der Waals surface area contributed by atoms with Gasteiger partial charge in [-0.2, -0.15) is 0 Å². The van der Waals surface area contributed by atoms with Crippen LogP contribution in [0.2, 0.25) is 0 Å². The van der Waals surface area contributed by atoms with Crippen molar-refractivity contribution in [1.29, 1.82) is 0 Å². The van der Waals surface area contributed by atoms with Gasteiger partial charge >= 0.3 is 0 Å². The fraction of sp³-hybridized carbons (Fsp3) is 0.467. The molecule has 0 aliphatic rings. The summed E-state index contributed by atoms with van der Waals surface area (Å²) in [6.45, 7) is 10.4. The maximum Gasteiger partial charge on any atom is 0.0146 e. The lowest BCUT2D eigenvalue weighted by Gasteiger charge is -2.01. The molecule has 0 amide bonds. The maximum absolute atomic E-state index is 2.96. The van der Waals surface area contributed by atoms with Crippen molar-refractivity contribution < 1.29 is 0 Å². The Morgan fingerprint density at radius 3 is 1.67 bits per heavy atom. The number of hydrogen-bond donors (Lipinski definition) is 0. The summed E-state index contributed by atoms with van der Waals surface area (Å²) in [6, 6.07) is 10.5. The van der Waals surface area contributed by atoms with Crippen molar-refractivity contribution in [2.45, 2.75) is 40.5 Å². The lowest BCUT2D eigenvalue weighted by Crippen LogP contribution is -1.83. The number of benzene rings is 1. The van der Waals surface area contributed by atoms with Gasteiger partial charge in [0.2, 0.25) is 0 Å². The Hall–Kier alpha value is -1.22. The zero-order valence-corrected chi connectivity index (χ0v) is 10.5. The third kappa shape index (κ3) is 7.82. The summed E-state index contributed by atoms with van der Waals surface area (Å²) in [5.74, 6) is 6.97. The molecule has 0 spiro atoms. The van der Waals surface area contributed by atoms with Crippen molar-refractivity contribution in [3.63, 3.8) is 0 Å². The Kier molecular flexibility index (Phi) is 7.46. The summed E-state index contributed by atoms with van der Waals surface area (Å²) in [5.41, 5.74) is 1.41. The molecule has 0 aliphatic heterocycles. The minimum absolute atomic E-state index is 0.537. The normalized spacial score (nSPS) is 9.00. The highest BCUT2D eigenvalue weighted by atomic mass is 14.0. The van der Waals surface area contributed by atoms with Gasteiger partial charge in [-0.05, 0) is 18.4 Å². The lowest BCUT2D eigenvalue weighted by molar-refractivity contribution is 0.866. The zero-order valence-electron chi connectivity index (χ0n) is 10.5. The van der Waals surface area contributed by atoms with E-state index in [0.717, 1.165) is 0 Å². The molecule has 0 saturated heterocycles. The van der Waals surface area contributed by atoms with E-state index in [2.05, 4.69) is 63.8 Å². The second kappa shape index (κ2) is 8.12. The molecule has 1 aromatic rings. The standard InChI is InChI=1S/C9H12.C6H10/c1-8(2)9-6-4-3-5-7-9;1-4-5-6(2)3/h3-8H,1-2H3;6H,1-3H3. The van der Waals surface area contributed by atoms with E-state index in [4.69, 9.17) is 0 Å². The fourth-order valence-electron chi connectivity index (χ4n) is 1.13. The Morgan fingerprint density at radius 2 is 1.47 bits per heavy atom. The Labute approximate surface area is 94.7 Å². The largest absolute Gasteiger partial charge is 0.106 e. The monoisotopic (exact) mass is 202 g/mol. The summed E-state index contributed by atoms with van der Waals surface area (Å²) in [6.07, 6.45) is 0. The van der Waals surface area contributed by atoms with Crippen LogP contribution in [0.25, 0.3) is 0 Å². The van der Waals surface area contributed by atoms with Crippen LogP contribution in [0.1, 0.15) is 46.1 Å². The average Bonchev–Trinajstić information content (AvgIpc) is 2.20. The van der Waals surface area contributed by atoms with Crippen LogP contribution in [0, 0.1) is 17.8 Å². The van der Waals surface area contributed by atoms with Crippen LogP contribution >= 0.6 is 0 Å². The molecule has 82 valence electrons. The molecular weight excluding hydrogens is 180 g/mol. The molecule has 1 aromatic carbocycles.